The Morgan fingerprint density at radius 1 is 0.824 bits per heavy atom. The first-order valence-electron chi connectivity index (χ1n) is 5.17. The lowest BCUT2D eigenvalue weighted by Crippen LogP contribution is -2.11. The largest absolute Gasteiger partial charge is 0.393 e. The van der Waals surface area contributed by atoms with Crippen molar-refractivity contribution in [2.24, 2.45) is 0 Å². The van der Waals surface area contributed by atoms with E-state index in [4.69, 9.17) is 0 Å². The second-order valence-electron chi connectivity index (χ2n) is 3.78. The highest BCUT2D eigenvalue weighted by Gasteiger charge is 2.27. The topological polar surface area (TPSA) is 0 Å². The molecule has 0 saturated heterocycles. The van der Waals surface area contributed by atoms with E-state index in [2.05, 4.69) is 6.07 Å². The molecule has 0 aliphatic rings. The molecule has 0 unspecified atom stereocenters. The number of hydrogen-bond donors (Lipinski definition) is 0. The fraction of sp³-hybridized carbons (Fsp3) is 0.143. The van der Waals surface area contributed by atoms with Gasteiger partial charge < -0.3 is 0 Å². The monoisotopic (exact) mass is 235 g/mol. The predicted octanol–water partition coefficient (Wildman–Crippen LogP) is 4.26. The molecule has 2 aromatic carbocycles. The summed E-state index contributed by atoms with van der Waals surface area (Å²) in [6.45, 7) is 0. The molecule has 87 valence electrons. The van der Waals surface area contributed by atoms with Crippen LogP contribution in [0.3, 0.4) is 0 Å². The molecule has 0 N–H and O–H groups in total. The van der Waals surface area contributed by atoms with E-state index in [1.165, 1.54) is 12.1 Å². The number of rotatable bonds is 2. The van der Waals surface area contributed by atoms with Gasteiger partial charge in [-0.05, 0) is 22.8 Å². The van der Waals surface area contributed by atoms with Crippen molar-refractivity contribution in [1.29, 1.82) is 0 Å². The summed E-state index contributed by atoms with van der Waals surface area (Å²) in [6, 6.07) is 16.6. The molecule has 0 aromatic heterocycles. The van der Waals surface area contributed by atoms with E-state index >= 15 is 0 Å². The average molecular weight is 235 g/mol. The van der Waals surface area contributed by atoms with Crippen LogP contribution >= 0.6 is 0 Å². The Balaban J connectivity index is 2.19. The molecule has 0 bridgehead atoms. The first kappa shape index (κ1) is 11.7. The Morgan fingerprint density at radius 2 is 1.35 bits per heavy atom. The van der Waals surface area contributed by atoms with Gasteiger partial charge in [-0.3, -0.25) is 0 Å². The van der Waals surface area contributed by atoms with Crippen molar-refractivity contribution in [3.05, 3.63) is 60.2 Å². The number of benzene rings is 2. The van der Waals surface area contributed by atoms with Gasteiger partial charge in [0.1, 0.15) is 0 Å². The van der Waals surface area contributed by atoms with Gasteiger partial charge in [0.05, 0.1) is 6.42 Å². The molecule has 0 saturated carbocycles. The van der Waals surface area contributed by atoms with E-state index in [-0.39, 0.29) is 5.56 Å². The summed E-state index contributed by atoms with van der Waals surface area (Å²) in [5.74, 6) is 0. The molecule has 0 fully saturated rings. The van der Waals surface area contributed by atoms with Crippen molar-refractivity contribution in [3.8, 4) is 11.1 Å². The molecular formula is C14H10F3. The fourth-order valence-corrected chi connectivity index (χ4v) is 1.63. The normalized spacial score (nSPS) is 11.5. The number of alkyl halides is 3. The quantitative estimate of drug-likeness (QED) is 0.729. The van der Waals surface area contributed by atoms with Crippen LogP contribution < -0.4 is 0 Å². The standard InChI is InChI=1S/C14H10F3/c15-14(16,17)10-11-6-8-13(9-7-11)12-4-2-1-3-5-12/h2-9H,10H2. The van der Waals surface area contributed by atoms with Gasteiger partial charge >= 0.3 is 6.18 Å². The van der Waals surface area contributed by atoms with Crippen molar-refractivity contribution in [2.45, 2.75) is 12.6 Å². The van der Waals surface area contributed by atoms with Crippen LogP contribution in [0.1, 0.15) is 5.56 Å². The molecule has 3 heteroatoms. The summed E-state index contributed by atoms with van der Waals surface area (Å²) in [6.07, 6.45) is -5.03. The zero-order valence-electron chi connectivity index (χ0n) is 8.96. The SMILES string of the molecule is FC(F)(F)Cc1ccc(-c2cc[c]cc2)cc1. The average Bonchev–Trinajstić information content (AvgIpc) is 2.29. The van der Waals surface area contributed by atoms with E-state index < -0.39 is 12.6 Å². The third-order valence-electron chi connectivity index (χ3n) is 2.41. The molecule has 0 heterocycles. The van der Waals surface area contributed by atoms with Crippen LogP contribution in [-0.4, -0.2) is 6.18 Å². The highest BCUT2D eigenvalue weighted by Crippen LogP contribution is 2.24. The molecule has 0 atom stereocenters. The van der Waals surface area contributed by atoms with Gasteiger partial charge in [-0.1, -0.05) is 48.5 Å². The zero-order chi connectivity index (χ0) is 12.3. The Hall–Kier alpha value is -1.77. The number of hydrogen-bond acceptors (Lipinski definition) is 0. The van der Waals surface area contributed by atoms with Crippen molar-refractivity contribution in [3.63, 3.8) is 0 Å². The highest BCUT2D eigenvalue weighted by molar-refractivity contribution is 5.63. The van der Waals surface area contributed by atoms with Gasteiger partial charge in [0.15, 0.2) is 0 Å². The molecule has 0 spiro atoms. The van der Waals surface area contributed by atoms with E-state index in [9.17, 15) is 13.2 Å². The summed E-state index contributed by atoms with van der Waals surface area (Å²) < 4.78 is 36.5. The van der Waals surface area contributed by atoms with Crippen molar-refractivity contribution in [2.75, 3.05) is 0 Å². The molecule has 1 radical (unpaired) electrons. The summed E-state index contributed by atoms with van der Waals surface area (Å²) in [5.41, 5.74) is 2.16. The molecular weight excluding hydrogens is 225 g/mol. The van der Waals surface area contributed by atoms with Gasteiger partial charge in [0.2, 0.25) is 0 Å². The van der Waals surface area contributed by atoms with Crippen LogP contribution in [0.2, 0.25) is 0 Å². The van der Waals surface area contributed by atoms with Gasteiger partial charge in [0.25, 0.3) is 0 Å². The summed E-state index contributed by atoms with van der Waals surface area (Å²) >= 11 is 0. The maximum Gasteiger partial charge on any atom is 0.393 e. The van der Waals surface area contributed by atoms with Crippen LogP contribution in [0.15, 0.2) is 48.5 Å². The maximum atomic E-state index is 12.2. The molecule has 0 nitrogen and oxygen atoms in total. The van der Waals surface area contributed by atoms with Crippen LogP contribution in [0.5, 0.6) is 0 Å². The van der Waals surface area contributed by atoms with Crippen LogP contribution in [0.4, 0.5) is 13.2 Å². The minimum absolute atomic E-state index is 0.281. The minimum atomic E-state index is -4.15. The Bertz CT molecular complexity index is 469. The van der Waals surface area contributed by atoms with E-state index in [1.54, 1.807) is 24.3 Å². The van der Waals surface area contributed by atoms with Gasteiger partial charge in [-0.2, -0.15) is 13.2 Å². The third kappa shape index (κ3) is 3.34. The lowest BCUT2D eigenvalue weighted by Gasteiger charge is -2.07. The molecule has 0 aliphatic carbocycles. The summed E-state index contributed by atoms with van der Waals surface area (Å²) in [7, 11) is 0. The van der Waals surface area contributed by atoms with Gasteiger partial charge in [-0.15, -0.1) is 0 Å². The molecule has 2 rings (SSSR count). The third-order valence-corrected chi connectivity index (χ3v) is 2.41. The zero-order valence-corrected chi connectivity index (χ0v) is 8.96. The van der Waals surface area contributed by atoms with Crippen molar-refractivity contribution < 1.29 is 13.2 Å². The van der Waals surface area contributed by atoms with E-state index in [1.807, 2.05) is 12.1 Å². The predicted molar refractivity (Wildman–Crippen MR) is 60.5 cm³/mol. The van der Waals surface area contributed by atoms with Crippen LogP contribution in [0, 0.1) is 6.07 Å². The second-order valence-corrected chi connectivity index (χ2v) is 3.78. The Kier molecular flexibility index (Phi) is 3.18. The molecule has 2 aromatic rings. The fourth-order valence-electron chi connectivity index (χ4n) is 1.63. The van der Waals surface area contributed by atoms with E-state index in [0.29, 0.717) is 0 Å². The van der Waals surface area contributed by atoms with Crippen molar-refractivity contribution in [1.82, 2.24) is 0 Å². The second kappa shape index (κ2) is 4.62. The first-order valence-corrected chi connectivity index (χ1v) is 5.17. The van der Waals surface area contributed by atoms with E-state index in [0.717, 1.165) is 11.1 Å². The lowest BCUT2D eigenvalue weighted by atomic mass is 10.0. The lowest BCUT2D eigenvalue weighted by molar-refractivity contribution is -0.127. The summed E-state index contributed by atoms with van der Waals surface area (Å²) in [4.78, 5) is 0. The molecule has 0 amide bonds. The van der Waals surface area contributed by atoms with Crippen LogP contribution in [0.25, 0.3) is 11.1 Å². The number of halogens is 3. The molecule has 0 aliphatic heterocycles. The Morgan fingerprint density at radius 3 is 1.88 bits per heavy atom. The van der Waals surface area contributed by atoms with Gasteiger partial charge in [0, 0.05) is 0 Å². The van der Waals surface area contributed by atoms with Gasteiger partial charge in [-0.25, -0.2) is 0 Å². The first-order chi connectivity index (χ1) is 8.04. The highest BCUT2D eigenvalue weighted by atomic mass is 19.4. The van der Waals surface area contributed by atoms with Crippen LogP contribution in [-0.2, 0) is 6.42 Å². The van der Waals surface area contributed by atoms with Crippen molar-refractivity contribution >= 4 is 0 Å². The Labute approximate surface area is 97.7 Å². The smallest absolute Gasteiger partial charge is 0.171 e. The summed E-state index contributed by atoms with van der Waals surface area (Å²) in [5, 5.41) is 0. The maximum absolute atomic E-state index is 12.2. The minimum Gasteiger partial charge on any atom is -0.171 e. The molecule has 17 heavy (non-hydrogen) atoms.